The Morgan fingerprint density at radius 1 is 1.17 bits per heavy atom. The van der Waals surface area contributed by atoms with Crippen LogP contribution in [0.2, 0.25) is 0 Å². The molecule has 0 unspecified atom stereocenters. The van der Waals surface area contributed by atoms with Gasteiger partial charge in [0.25, 0.3) is 10.0 Å². The molecule has 0 aromatic heterocycles. The van der Waals surface area contributed by atoms with Crippen LogP contribution in [-0.2, 0) is 10.0 Å². The predicted octanol–water partition coefficient (Wildman–Crippen LogP) is 2.75. The molecule has 23 heavy (non-hydrogen) atoms. The summed E-state index contributed by atoms with van der Waals surface area (Å²) >= 11 is 0. The number of halogens is 1. The highest BCUT2D eigenvalue weighted by atomic mass is 32.2. The minimum atomic E-state index is -3.93. The molecule has 0 fully saturated rings. The van der Waals surface area contributed by atoms with Gasteiger partial charge in [-0.15, -0.1) is 0 Å². The number of hydrogen-bond acceptors (Lipinski definition) is 5. The van der Waals surface area contributed by atoms with Crippen molar-refractivity contribution in [2.45, 2.75) is 11.8 Å². The summed E-state index contributed by atoms with van der Waals surface area (Å²) in [6.07, 6.45) is 0. The zero-order chi connectivity index (χ0) is 16.4. The largest absolute Gasteiger partial charge is 0.491 e. The van der Waals surface area contributed by atoms with E-state index in [1.54, 1.807) is 13.0 Å². The van der Waals surface area contributed by atoms with Gasteiger partial charge >= 0.3 is 0 Å². The number of hydrogen-bond donors (Lipinski definition) is 1. The molecule has 2 aromatic rings. The van der Waals surface area contributed by atoms with Gasteiger partial charge in [-0.05, 0) is 37.3 Å². The van der Waals surface area contributed by atoms with E-state index < -0.39 is 15.8 Å². The van der Waals surface area contributed by atoms with Crippen LogP contribution in [0, 0.1) is 5.82 Å². The molecule has 1 aliphatic heterocycles. The normalized spacial score (nSPS) is 13.0. The van der Waals surface area contributed by atoms with E-state index in [4.69, 9.17) is 14.2 Å². The molecule has 1 aliphatic rings. The van der Waals surface area contributed by atoms with Crippen molar-refractivity contribution in [2.75, 3.05) is 18.1 Å². The minimum absolute atomic E-state index is 0.00882. The Balaban J connectivity index is 1.85. The molecule has 0 amide bonds. The fourth-order valence-corrected chi connectivity index (χ4v) is 3.16. The SMILES string of the molecule is CCOc1ccc(S(=O)(=O)Nc2ccc3c(c2)OCO3)cc1F. The Kier molecular flexibility index (Phi) is 3.99. The fourth-order valence-electron chi connectivity index (χ4n) is 2.10. The first-order valence-electron chi connectivity index (χ1n) is 6.84. The van der Waals surface area contributed by atoms with E-state index in [2.05, 4.69) is 4.72 Å². The van der Waals surface area contributed by atoms with Crippen LogP contribution < -0.4 is 18.9 Å². The summed E-state index contributed by atoms with van der Waals surface area (Å²) in [5.41, 5.74) is 0.295. The van der Waals surface area contributed by atoms with E-state index in [1.807, 2.05) is 0 Å². The van der Waals surface area contributed by atoms with E-state index in [9.17, 15) is 12.8 Å². The molecule has 0 radical (unpaired) electrons. The predicted molar refractivity (Wildman–Crippen MR) is 80.9 cm³/mol. The topological polar surface area (TPSA) is 73.9 Å². The van der Waals surface area contributed by atoms with Crippen LogP contribution in [0.5, 0.6) is 17.2 Å². The van der Waals surface area contributed by atoms with Crippen LogP contribution in [0.4, 0.5) is 10.1 Å². The molecule has 6 nitrogen and oxygen atoms in total. The summed E-state index contributed by atoms with van der Waals surface area (Å²) in [4.78, 5) is -0.198. The lowest BCUT2D eigenvalue weighted by Gasteiger charge is -2.10. The highest BCUT2D eigenvalue weighted by molar-refractivity contribution is 7.92. The first-order valence-corrected chi connectivity index (χ1v) is 8.33. The Hall–Kier alpha value is -2.48. The lowest BCUT2D eigenvalue weighted by Crippen LogP contribution is -2.13. The van der Waals surface area contributed by atoms with Crippen molar-refractivity contribution < 1.29 is 27.0 Å². The van der Waals surface area contributed by atoms with Crippen molar-refractivity contribution in [1.29, 1.82) is 0 Å². The van der Waals surface area contributed by atoms with Gasteiger partial charge < -0.3 is 14.2 Å². The molecule has 0 aliphatic carbocycles. The van der Waals surface area contributed by atoms with Crippen molar-refractivity contribution in [1.82, 2.24) is 0 Å². The number of fused-ring (bicyclic) bond motifs is 1. The van der Waals surface area contributed by atoms with Gasteiger partial charge in [-0.2, -0.15) is 0 Å². The summed E-state index contributed by atoms with van der Waals surface area (Å²) < 4.78 is 56.3. The summed E-state index contributed by atoms with van der Waals surface area (Å²) in [5.74, 6) is 0.262. The molecule has 8 heteroatoms. The molecule has 1 N–H and O–H groups in total. The van der Waals surface area contributed by atoms with Crippen LogP contribution >= 0.6 is 0 Å². The van der Waals surface area contributed by atoms with Crippen molar-refractivity contribution in [3.05, 3.63) is 42.2 Å². The highest BCUT2D eigenvalue weighted by Gasteiger charge is 2.19. The third-order valence-electron chi connectivity index (χ3n) is 3.14. The third kappa shape index (κ3) is 3.16. The van der Waals surface area contributed by atoms with Gasteiger partial charge in [-0.3, -0.25) is 4.72 Å². The Morgan fingerprint density at radius 3 is 2.70 bits per heavy atom. The maximum atomic E-state index is 13.8. The average Bonchev–Trinajstić information content (AvgIpc) is 2.96. The van der Waals surface area contributed by atoms with Crippen molar-refractivity contribution in [3.8, 4) is 17.2 Å². The number of nitrogens with one attached hydrogen (secondary N) is 1. The van der Waals surface area contributed by atoms with Gasteiger partial charge in [0, 0.05) is 6.07 Å². The molecule has 0 bridgehead atoms. The van der Waals surface area contributed by atoms with Crippen LogP contribution in [0.15, 0.2) is 41.3 Å². The average molecular weight is 339 g/mol. The first kappa shape index (κ1) is 15.4. The van der Waals surface area contributed by atoms with E-state index in [0.29, 0.717) is 23.8 Å². The van der Waals surface area contributed by atoms with Crippen LogP contribution in [0.1, 0.15) is 6.92 Å². The van der Waals surface area contributed by atoms with Crippen LogP contribution in [0.25, 0.3) is 0 Å². The minimum Gasteiger partial charge on any atom is -0.491 e. The van der Waals surface area contributed by atoms with Gasteiger partial charge in [-0.25, -0.2) is 12.8 Å². The maximum Gasteiger partial charge on any atom is 0.262 e. The number of ether oxygens (including phenoxy) is 3. The van der Waals surface area contributed by atoms with Gasteiger partial charge in [0.2, 0.25) is 6.79 Å². The molecule has 0 atom stereocenters. The summed E-state index contributed by atoms with van der Waals surface area (Å²) in [7, 11) is -3.93. The Labute approximate surface area is 132 Å². The Morgan fingerprint density at radius 2 is 1.96 bits per heavy atom. The molecule has 2 aromatic carbocycles. The highest BCUT2D eigenvalue weighted by Crippen LogP contribution is 2.35. The summed E-state index contributed by atoms with van der Waals surface area (Å²) in [6, 6.07) is 8.12. The smallest absolute Gasteiger partial charge is 0.262 e. The van der Waals surface area contributed by atoms with Crippen molar-refractivity contribution in [3.63, 3.8) is 0 Å². The van der Waals surface area contributed by atoms with Gasteiger partial charge in [0.15, 0.2) is 23.1 Å². The van der Waals surface area contributed by atoms with Crippen molar-refractivity contribution >= 4 is 15.7 Å². The summed E-state index contributed by atoms with van der Waals surface area (Å²) in [6.45, 7) is 2.10. The zero-order valence-electron chi connectivity index (χ0n) is 12.2. The lowest BCUT2D eigenvalue weighted by atomic mass is 10.3. The second-order valence-corrected chi connectivity index (χ2v) is 6.38. The number of rotatable bonds is 5. The van der Waals surface area contributed by atoms with E-state index in [-0.39, 0.29) is 17.4 Å². The number of sulfonamides is 1. The van der Waals surface area contributed by atoms with E-state index in [1.165, 1.54) is 24.3 Å². The second-order valence-electron chi connectivity index (χ2n) is 4.70. The molecule has 0 saturated heterocycles. The molecular weight excluding hydrogens is 325 g/mol. The molecule has 3 rings (SSSR count). The molecule has 122 valence electrons. The quantitative estimate of drug-likeness (QED) is 0.907. The van der Waals surface area contributed by atoms with Gasteiger partial charge in [0.1, 0.15) is 0 Å². The number of benzene rings is 2. The van der Waals surface area contributed by atoms with Crippen molar-refractivity contribution in [2.24, 2.45) is 0 Å². The van der Waals surface area contributed by atoms with Crippen LogP contribution in [-0.4, -0.2) is 21.8 Å². The summed E-state index contributed by atoms with van der Waals surface area (Å²) in [5, 5.41) is 0. The molecule has 1 heterocycles. The second kappa shape index (κ2) is 5.96. The van der Waals surface area contributed by atoms with Gasteiger partial charge in [0.05, 0.1) is 17.2 Å². The fraction of sp³-hybridized carbons (Fsp3) is 0.200. The zero-order valence-corrected chi connectivity index (χ0v) is 13.0. The van der Waals surface area contributed by atoms with E-state index >= 15 is 0 Å². The maximum absolute atomic E-state index is 13.8. The standard InChI is InChI=1S/C15H14FNO5S/c1-2-20-13-6-4-11(8-12(13)16)23(18,19)17-10-3-5-14-15(7-10)22-9-21-14/h3-8,17H,2,9H2,1H3. The molecule has 0 saturated carbocycles. The van der Waals surface area contributed by atoms with Crippen LogP contribution in [0.3, 0.4) is 0 Å². The molecule has 0 spiro atoms. The molecular formula is C15H14FNO5S. The first-order chi connectivity index (χ1) is 11.0. The van der Waals surface area contributed by atoms with Gasteiger partial charge in [-0.1, -0.05) is 0 Å². The number of anilines is 1. The third-order valence-corrected chi connectivity index (χ3v) is 4.52. The van der Waals surface area contributed by atoms with E-state index in [0.717, 1.165) is 6.07 Å². The monoisotopic (exact) mass is 339 g/mol. The lowest BCUT2D eigenvalue weighted by molar-refractivity contribution is 0.174. The Bertz CT molecular complexity index is 838.